The highest BCUT2D eigenvalue weighted by Gasteiger charge is 2.27. The number of hydrogen-bond acceptors (Lipinski definition) is 4. The number of benzene rings is 1. The lowest BCUT2D eigenvalue weighted by atomic mass is 9.80. The summed E-state index contributed by atoms with van der Waals surface area (Å²) in [5.41, 5.74) is 3.93. The number of piperazine rings is 1. The van der Waals surface area contributed by atoms with E-state index in [0.29, 0.717) is 18.2 Å². The van der Waals surface area contributed by atoms with Crippen LogP contribution in [0.5, 0.6) is 5.75 Å². The number of rotatable bonds is 5. The highest BCUT2D eigenvalue weighted by Crippen LogP contribution is 2.36. The molecule has 1 aliphatic carbocycles. The fraction of sp³-hybridized carbons (Fsp3) is 0.478. The Labute approximate surface area is 167 Å². The summed E-state index contributed by atoms with van der Waals surface area (Å²) >= 11 is 0. The van der Waals surface area contributed by atoms with Gasteiger partial charge in [-0.3, -0.25) is 14.7 Å². The maximum absolute atomic E-state index is 12.9. The van der Waals surface area contributed by atoms with Crippen molar-refractivity contribution in [2.75, 3.05) is 33.3 Å². The summed E-state index contributed by atoms with van der Waals surface area (Å²) in [6.45, 7) is 4.41. The van der Waals surface area contributed by atoms with E-state index in [1.54, 1.807) is 13.3 Å². The number of nitrogens with zero attached hydrogens (tertiary/aromatic N) is 3. The Morgan fingerprint density at radius 2 is 2.07 bits per heavy atom. The minimum Gasteiger partial charge on any atom is -0.497 e. The van der Waals surface area contributed by atoms with Crippen molar-refractivity contribution >= 4 is 5.91 Å². The van der Waals surface area contributed by atoms with Crippen molar-refractivity contribution in [3.05, 3.63) is 59.4 Å². The molecule has 2 heterocycles. The highest BCUT2D eigenvalue weighted by atomic mass is 16.5. The second-order valence-corrected chi connectivity index (χ2v) is 7.88. The second-order valence-electron chi connectivity index (χ2n) is 7.88. The van der Waals surface area contributed by atoms with Crippen LogP contribution in [0.4, 0.5) is 0 Å². The van der Waals surface area contributed by atoms with E-state index in [-0.39, 0.29) is 0 Å². The molecule has 4 rings (SSSR count). The Morgan fingerprint density at radius 1 is 1.21 bits per heavy atom. The number of fused-ring (bicyclic) bond motifs is 1. The largest absolute Gasteiger partial charge is 0.497 e. The number of amides is 1. The molecule has 2 aromatic rings. The molecule has 0 N–H and O–H groups in total. The fourth-order valence-electron chi connectivity index (χ4n) is 4.48. The van der Waals surface area contributed by atoms with Crippen LogP contribution in [-0.4, -0.2) is 54.0 Å². The van der Waals surface area contributed by atoms with E-state index in [0.717, 1.165) is 57.7 Å². The number of carbonyl (C=O) groups excluding carboxylic acids is 1. The number of ether oxygens (including phenoxy) is 1. The molecular formula is C23H29N3O2. The zero-order valence-corrected chi connectivity index (χ0v) is 16.6. The second kappa shape index (κ2) is 8.74. The lowest BCUT2D eigenvalue weighted by Crippen LogP contribution is -2.48. The van der Waals surface area contributed by atoms with E-state index in [1.807, 2.05) is 18.3 Å². The molecule has 0 radical (unpaired) electrons. The number of methoxy groups -OCH3 is 1. The van der Waals surface area contributed by atoms with Crippen LogP contribution < -0.4 is 4.74 Å². The summed E-state index contributed by atoms with van der Waals surface area (Å²) in [6.07, 6.45) is 7.70. The quantitative estimate of drug-likeness (QED) is 0.800. The Bertz CT molecular complexity index is 801. The van der Waals surface area contributed by atoms with Crippen LogP contribution in [0, 0.1) is 0 Å². The van der Waals surface area contributed by atoms with Crippen molar-refractivity contribution in [1.29, 1.82) is 0 Å². The van der Waals surface area contributed by atoms with E-state index in [4.69, 9.17) is 4.74 Å². The van der Waals surface area contributed by atoms with Gasteiger partial charge in [-0.1, -0.05) is 12.1 Å². The fourth-order valence-corrected chi connectivity index (χ4v) is 4.48. The van der Waals surface area contributed by atoms with Gasteiger partial charge in [0.25, 0.3) is 0 Å². The smallest absolute Gasteiger partial charge is 0.223 e. The van der Waals surface area contributed by atoms with E-state index in [2.05, 4.69) is 33.0 Å². The Hall–Kier alpha value is -2.40. The molecule has 0 saturated carbocycles. The molecule has 1 unspecified atom stereocenters. The summed E-state index contributed by atoms with van der Waals surface area (Å²) in [6, 6.07) is 10.4. The van der Waals surface area contributed by atoms with Crippen LogP contribution >= 0.6 is 0 Å². The lowest BCUT2D eigenvalue weighted by molar-refractivity contribution is -0.133. The number of pyridine rings is 1. The van der Waals surface area contributed by atoms with E-state index < -0.39 is 0 Å². The molecule has 5 nitrogen and oxygen atoms in total. The Kier molecular flexibility index (Phi) is 5.91. The third kappa shape index (κ3) is 4.36. The molecule has 0 spiro atoms. The molecule has 1 aromatic carbocycles. The van der Waals surface area contributed by atoms with Crippen LogP contribution in [0.3, 0.4) is 0 Å². The molecule has 1 aromatic heterocycles. The first-order valence-corrected chi connectivity index (χ1v) is 10.3. The number of carbonyl (C=O) groups is 1. The zero-order valence-electron chi connectivity index (χ0n) is 16.6. The van der Waals surface area contributed by atoms with Gasteiger partial charge in [0, 0.05) is 51.5 Å². The molecule has 2 aliphatic rings. The first-order valence-electron chi connectivity index (χ1n) is 10.3. The lowest BCUT2D eigenvalue weighted by Gasteiger charge is -2.36. The van der Waals surface area contributed by atoms with Gasteiger partial charge in [0.1, 0.15) is 5.75 Å². The number of hydrogen-bond donors (Lipinski definition) is 0. The first-order chi connectivity index (χ1) is 13.7. The van der Waals surface area contributed by atoms with Gasteiger partial charge in [-0.05, 0) is 60.1 Å². The maximum Gasteiger partial charge on any atom is 0.223 e. The topological polar surface area (TPSA) is 45.7 Å². The molecule has 1 saturated heterocycles. The predicted molar refractivity (Wildman–Crippen MR) is 109 cm³/mol. The summed E-state index contributed by atoms with van der Waals surface area (Å²) in [7, 11) is 1.71. The highest BCUT2D eigenvalue weighted by molar-refractivity contribution is 5.77. The minimum absolute atomic E-state index is 0.301. The average molecular weight is 380 g/mol. The summed E-state index contributed by atoms with van der Waals surface area (Å²) in [4.78, 5) is 21.6. The monoisotopic (exact) mass is 379 g/mol. The van der Waals surface area contributed by atoms with Crippen molar-refractivity contribution in [3.63, 3.8) is 0 Å². The molecule has 28 heavy (non-hydrogen) atoms. The Balaban J connectivity index is 1.32. The molecule has 0 bridgehead atoms. The average Bonchev–Trinajstić information content (AvgIpc) is 2.75. The molecule has 1 fully saturated rings. The van der Waals surface area contributed by atoms with Crippen LogP contribution in [0.25, 0.3) is 0 Å². The van der Waals surface area contributed by atoms with Crippen LogP contribution in [-0.2, 0) is 17.8 Å². The standard InChI is InChI=1S/C23H29N3O2/c1-28-21-7-8-22-19(14-21)5-2-6-20(22)15-23(27)26-12-10-25(11-13-26)17-18-4-3-9-24-16-18/h3-4,7-9,14,16,20H,2,5-6,10-13,15,17H2,1H3. The van der Waals surface area contributed by atoms with Crippen LogP contribution in [0.1, 0.15) is 41.9 Å². The number of aromatic nitrogens is 1. The SMILES string of the molecule is COc1ccc2c(c1)CCCC2CC(=O)N1CCN(Cc2cccnc2)CC1. The first kappa shape index (κ1) is 18.9. The summed E-state index contributed by atoms with van der Waals surface area (Å²) in [5, 5.41) is 0. The van der Waals surface area contributed by atoms with Gasteiger partial charge in [-0.15, -0.1) is 0 Å². The van der Waals surface area contributed by atoms with Gasteiger partial charge < -0.3 is 9.64 Å². The van der Waals surface area contributed by atoms with Crippen molar-refractivity contribution in [3.8, 4) is 5.75 Å². The molecular weight excluding hydrogens is 350 g/mol. The van der Waals surface area contributed by atoms with Gasteiger partial charge in [0.2, 0.25) is 5.91 Å². The van der Waals surface area contributed by atoms with E-state index >= 15 is 0 Å². The van der Waals surface area contributed by atoms with Gasteiger partial charge in [-0.2, -0.15) is 0 Å². The molecule has 148 valence electrons. The van der Waals surface area contributed by atoms with Crippen molar-refractivity contribution in [2.24, 2.45) is 0 Å². The number of aryl methyl sites for hydroxylation is 1. The van der Waals surface area contributed by atoms with Gasteiger partial charge in [0.15, 0.2) is 0 Å². The molecule has 1 amide bonds. The zero-order chi connectivity index (χ0) is 19.3. The summed E-state index contributed by atoms with van der Waals surface area (Å²) < 4.78 is 5.36. The van der Waals surface area contributed by atoms with Gasteiger partial charge in [0.05, 0.1) is 7.11 Å². The third-order valence-corrected chi connectivity index (χ3v) is 6.06. The van der Waals surface area contributed by atoms with Crippen molar-refractivity contribution in [1.82, 2.24) is 14.8 Å². The maximum atomic E-state index is 12.9. The molecule has 1 aliphatic heterocycles. The van der Waals surface area contributed by atoms with Crippen molar-refractivity contribution < 1.29 is 9.53 Å². The molecule has 1 atom stereocenters. The molecule has 5 heteroatoms. The minimum atomic E-state index is 0.301. The van der Waals surface area contributed by atoms with Gasteiger partial charge >= 0.3 is 0 Å². The summed E-state index contributed by atoms with van der Waals surface area (Å²) in [5.74, 6) is 1.56. The van der Waals surface area contributed by atoms with Crippen LogP contribution in [0.15, 0.2) is 42.7 Å². The Morgan fingerprint density at radius 3 is 2.82 bits per heavy atom. The van der Waals surface area contributed by atoms with Crippen molar-refractivity contribution in [2.45, 2.75) is 38.1 Å². The normalized spacial score (nSPS) is 19.9. The third-order valence-electron chi connectivity index (χ3n) is 6.06. The van der Waals surface area contributed by atoms with Crippen LogP contribution in [0.2, 0.25) is 0 Å². The predicted octanol–water partition coefficient (Wildman–Crippen LogP) is 3.24. The van der Waals surface area contributed by atoms with Gasteiger partial charge in [-0.25, -0.2) is 0 Å². The van der Waals surface area contributed by atoms with E-state index in [9.17, 15) is 4.79 Å². The van der Waals surface area contributed by atoms with E-state index in [1.165, 1.54) is 16.7 Å².